The smallest absolute Gasteiger partial charge is 0.271 e. The summed E-state index contributed by atoms with van der Waals surface area (Å²) in [7, 11) is 1.50. The van der Waals surface area contributed by atoms with Crippen LogP contribution >= 0.6 is 0 Å². The third-order valence-electron chi connectivity index (χ3n) is 8.85. The number of anilines is 1. The summed E-state index contributed by atoms with van der Waals surface area (Å²) in [5.41, 5.74) is 5.86. The first-order valence-corrected chi connectivity index (χ1v) is 14.2. The minimum Gasteiger partial charge on any atom is -0.493 e. The number of halogens is 1. The first-order chi connectivity index (χ1) is 19.9. The van der Waals surface area contributed by atoms with Crippen molar-refractivity contribution in [3.63, 3.8) is 0 Å². The van der Waals surface area contributed by atoms with Crippen LogP contribution in [0.25, 0.3) is 0 Å². The standard InChI is InChI=1S/C33H34FN3O4/c1-40-30-15-21(19-35-37-32(39)25-3-7-27(34)8-4-25)2-11-29(30)41-20-31(38)36-28-9-5-26(6-10-28)33-16-22-12-23(17-33)14-24(13-22)18-33/h2-11,15,19,22-24H,12-14,16-18,20H2,1H3,(H,36,38)(H,37,39)/b35-19-. The van der Waals surface area contributed by atoms with Crippen LogP contribution in [0.4, 0.5) is 10.1 Å². The zero-order valence-electron chi connectivity index (χ0n) is 23.1. The highest BCUT2D eigenvalue weighted by molar-refractivity contribution is 5.95. The predicted octanol–water partition coefficient (Wildman–Crippen LogP) is 6.08. The fraction of sp³-hybridized carbons (Fsp3) is 0.364. The molecule has 0 aliphatic heterocycles. The molecule has 4 saturated carbocycles. The van der Waals surface area contributed by atoms with Crippen LogP contribution in [-0.2, 0) is 10.2 Å². The lowest BCUT2D eigenvalue weighted by Gasteiger charge is -2.57. The minimum absolute atomic E-state index is 0.172. The van der Waals surface area contributed by atoms with Crippen molar-refractivity contribution < 1.29 is 23.5 Å². The van der Waals surface area contributed by atoms with Gasteiger partial charge in [0.05, 0.1) is 13.3 Å². The molecule has 41 heavy (non-hydrogen) atoms. The highest BCUT2D eigenvalue weighted by Crippen LogP contribution is 2.60. The van der Waals surface area contributed by atoms with E-state index < -0.39 is 11.7 Å². The summed E-state index contributed by atoms with van der Waals surface area (Å²) in [6.45, 7) is -0.172. The molecule has 2 N–H and O–H groups in total. The Labute approximate surface area is 239 Å². The third kappa shape index (κ3) is 5.97. The number of hydrazone groups is 1. The molecule has 4 bridgehead atoms. The minimum atomic E-state index is -0.457. The molecule has 0 heterocycles. The number of carbonyl (C=O) groups is 2. The van der Waals surface area contributed by atoms with Gasteiger partial charge >= 0.3 is 0 Å². The van der Waals surface area contributed by atoms with Crippen LogP contribution in [0.5, 0.6) is 11.5 Å². The molecule has 0 atom stereocenters. The number of nitrogens with zero attached hydrogens (tertiary/aromatic N) is 1. The van der Waals surface area contributed by atoms with Crippen LogP contribution < -0.4 is 20.2 Å². The van der Waals surface area contributed by atoms with Gasteiger partial charge in [-0.25, -0.2) is 9.82 Å². The normalized spacial score (nSPS) is 24.3. The lowest BCUT2D eigenvalue weighted by molar-refractivity contribution is -0.118. The van der Waals surface area contributed by atoms with Crippen molar-refractivity contribution in [3.8, 4) is 11.5 Å². The van der Waals surface area contributed by atoms with Crippen molar-refractivity contribution in [3.05, 3.63) is 89.2 Å². The van der Waals surface area contributed by atoms with Crippen molar-refractivity contribution in [2.75, 3.05) is 19.0 Å². The molecule has 4 fully saturated rings. The SMILES string of the molecule is COc1cc(/C=N\NC(=O)c2ccc(F)cc2)ccc1OCC(=O)Nc1ccc(C23CC4CC(CC(C4)C2)C3)cc1. The second kappa shape index (κ2) is 11.4. The Morgan fingerprint density at radius 1 is 0.927 bits per heavy atom. The molecule has 3 aromatic rings. The van der Waals surface area contributed by atoms with E-state index in [9.17, 15) is 14.0 Å². The van der Waals surface area contributed by atoms with E-state index in [4.69, 9.17) is 9.47 Å². The van der Waals surface area contributed by atoms with Crippen molar-refractivity contribution in [1.29, 1.82) is 0 Å². The maximum absolute atomic E-state index is 13.0. The molecule has 4 aliphatic rings. The molecule has 3 aromatic carbocycles. The van der Waals surface area contributed by atoms with Crippen LogP contribution in [0.3, 0.4) is 0 Å². The van der Waals surface area contributed by atoms with Gasteiger partial charge in [0, 0.05) is 11.3 Å². The number of amides is 2. The van der Waals surface area contributed by atoms with E-state index in [1.165, 1.54) is 81.7 Å². The number of ether oxygens (including phenoxy) is 2. The Hall–Kier alpha value is -4.20. The summed E-state index contributed by atoms with van der Waals surface area (Å²) in [5.74, 6) is 2.38. The van der Waals surface area contributed by atoms with Gasteiger partial charge in [-0.05, 0) is 127 Å². The molecule has 0 radical (unpaired) electrons. The van der Waals surface area contributed by atoms with Gasteiger partial charge in [0.15, 0.2) is 18.1 Å². The third-order valence-corrected chi connectivity index (χ3v) is 8.85. The van der Waals surface area contributed by atoms with Crippen LogP contribution in [0.1, 0.15) is 60.0 Å². The van der Waals surface area contributed by atoms with E-state index in [0.717, 1.165) is 23.4 Å². The van der Waals surface area contributed by atoms with E-state index in [1.807, 2.05) is 12.1 Å². The molecule has 4 aliphatic carbocycles. The second-order valence-corrected chi connectivity index (χ2v) is 11.7. The fourth-order valence-corrected chi connectivity index (χ4v) is 7.43. The predicted molar refractivity (Wildman–Crippen MR) is 155 cm³/mol. The molecule has 2 amide bonds. The van der Waals surface area contributed by atoms with Gasteiger partial charge in [-0.2, -0.15) is 5.10 Å². The molecule has 0 saturated heterocycles. The van der Waals surface area contributed by atoms with Gasteiger partial charge in [-0.3, -0.25) is 9.59 Å². The highest BCUT2D eigenvalue weighted by atomic mass is 19.1. The molecular formula is C33H34FN3O4. The number of nitrogens with one attached hydrogen (secondary N) is 2. The van der Waals surface area contributed by atoms with Crippen LogP contribution in [0.15, 0.2) is 71.8 Å². The van der Waals surface area contributed by atoms with E-state index in [-0.39, 0.29) is 12.5 Å². The molecule has 0 aromatic heterocycles. The number of hydrogen-bond acceptors (Lipinski definition) is 5. The molecule has 7 rings (SSSR count). The lowest BCUT2D eigenvalue weighted by Crippen LogP contribution is -2.48. The number of methoxy groups -OCH3 is 1. The number of carbonyl (C=O) groups excluding carboxylic acids is 2. The Morgan fingerprint density at radius 2 is 1.59 bits per heavy atom. The second-order valence-electron chi connectivity index (χ2n) is 11.7. The summed E-state index contributed by atoms with van der Waals surface area (Å²) in [6.07, 6.45) is 9.66. The van der Waals surface area contributed by atoms with Crippen LogP contribution in [-0.4, -0.2) is 31.7 Å². The van der Waals surface area contributed by atoms with Crippen molar-refractivity contribution >= 4 is 23.7 Å². The van der Waals surface area contributed by atoms with Gasteiger partial charge in [0.25, 0.3) is 11.8 Å². The van der Waals surface area contributed by atoms with Gasteiger partial charge in [0.1, 0.15) is 5.82 Å². The zero-order chi connectivity index (χ0) is 28.4. The van der Waals surface area contributed by atoms with Gasteiger partial charge < -0.3 is 14.8 Å². The average Bonchev–Trinajstić information content (AvgIpc) is 2.96. The van der Waals surface area contributed by atoms with E-state index >= 15 is 0 Å². The fourth-order valence-electron chi connectivity index (χ4n) is 7.43. The molecule has 0 unspecified atom stereocenters. The van der Waals surface area contributed by atoms with E-state index in [0.29, 0.717) is 28.0 Å². The number of rotatable bonds is 9. The molecular weight excluding hydrogens is 521 g/mol. The maximum atomic E-state index is 13.0. The Bertz CT molecular complexity index is 1420. The molecule has 0 spiro atoms. The van der Waals surface area contributed by atoms with Crippen LogP contribution in [0, 0.1) is 23.6 Å². The summed E-state index contributed by atoms with van der Waals surface area (Å²) >= 11 is 0. The number of benzene rings is 3. The summed E-state index contributed by atoms with van der Waals surface area (Å²) in [4.78, 5) is 24.8. The molecule has 8 heteroatoms. The van der Waals surface area contributed by atoms with E-state index in [2.05, 4.69) is 28.0 Å². The first kappa shape index (κ1) is 27.0. The topological polar surface area (TPSA) is 89.0 Å². The summed E-state index contributed by atoms with van der Waals surface area (Å²) in [6, 6.07) is 18.7. The summed E-state index contributed by atoms with van der Waals surface area (Å²) < 4.78 is 24.2. The van der Waals surface area contributed by atoms with E-state index in [1.54, 1.807) is 18.2 Å². The quantitative estimate of drug-likeness (QED) is 0.247. The highest BCUT2D eigenvalue weighted by Gasteiger charge is 2.51. The Morgan fingerprint density at radius 3 is 2.22 bits per heavy atom. The largest absolute Gasteiger partial charge is 0.493 e. The lowest BCUT2D eigenvalue weighted by atomic mass is 9.48. The van der Waals surface area contributed by atoms with Crippen LogP contribution in [0.2, 0.25) is 0 Å². The monoisotopic (exact) mass is 555 g/mol. The van der Waals surface area contributed by atoms with Gasteiger partial charge in [-0.1, -0.05) is 12.1 Å². The Balaban J connectivity index is 1.01. The molecule has 7 nitrogen and oxygen atoms in total. The Kier molecular flexibility index (Phi) is 7.47. The van der Waals surface area contributed by atoms with Gasteiger partial charge in [0.2, 0.25) is 0 Å². The first-order valence-electron chi connectivity index (χ1n) is 14.2. The molecule has 212 valence electrons. The average molecular weight is 556 g/mol. The van der Waals surface area contributed by atoms with Crippen molar-refractivity contribution in [1.82, 2.24) is 5.43 Å². The summed E-state index contributed by atoms with van der Waals surface area (Å²) in [5, 5.41) is 6.88. The van der Waals surface area contributed by atoms with Crippen molar-refractivity contribution in [2.24, 2.45) is 22.9 Å². The maximum Gasteiger partial charge on any atom is 0.271 e. The number of hydrogen-bond donors (Lipinski definition) is 2. The van der Waals surface area contributed by atoms with Crippen molar-refractivity contribution in [2.45, 2.75) is 43.9 Å². The zero-order valence-corrected chi connectivity index (χ0v) is 23.1. The van der Waals surface area contributed by atoms with Gasteiger partial charge in [-0.15, -0.1) is 0 Å².